The highest BCUT2D eigenvalue weighted by molar-refractivity contribution is 5.98. The van der Waals surface area contributed by atoms with Crippen LogP contribution in [0.3, 0.4) is 0 Å². The molecule has 0 saturated carbocycles. The second kappa shape index (κ2) is 11.8. The molecule has 3 rings (SSSR count). The molecule has 1 unspecified atom stereocenters. The maximum atomic E-state index is 11.4. The number of nitrogens with two attached hydrogens (primary N) is 2. The molecule has 0 aromatic heterocycles. The lowest BCUT2D eigenvalue weighted by molar-refractivity contribution is -0.119. The highest BCUT2D eigenvalue weighted by Gasteiger charge is 2.21. The van der Waals surface area contributed by atoms with Crippen LogP contribution in [0, 0.1) is 0 Å². The van der Waals surface area contributed by atoms with Gasteiger partial charge in [-0.1, -0.05) is 31.2 Å². The van der Waals surface area contributed by atoms with Gasteiger partial charge in [0.2, 0.25) is 17.8 Å². The fourth-order valence-corrected chi connectivity index (χ4v) is 3.40. The minimum absolute atomic E-state index is 0.00691. The molecule has 0 radical (unpaired) electrons. The van der Waals surface area contributed by atoms with Gasteiger partial charge in [-0.05, 0) is 54.8 Å². The first-order chi connectivity index (χ1) is 16.0. The third-order valence-corrected chi connectivity index (χ3v) is 5.14. The summed E-state index contributed by atoms with van der Waals surface area (Å²) in [6, 6.07) is 15.1. The number of aliphatic imine (C=N–C) groups is 1. The van der Waals surface area contributed by atoms with E-state index in [1.807, 2.05) is 24.4 Å². The van der Waals surface area contributed by atoms with E-state index in [1.165, 1.54) is 0 Å². The molecule has 174 valence electrons. The van der Waals surface area contributed by atoms with Crippen LogP contribution in [0.1, 0.15) is 34.8 Å². The second-order valence-corrected chi connectivity index (χ2v) is 7.66. The van der Waals surface area contributed by atoms with E-state index in [9.17, 15) is 9.59 Å². The zero-order valence-electron chi connectivity index (χ0n) is 18.7. The highest BCUT2D eigenvalue weighted by Crippen LogP contribution is 2.22. The van der Waals surface area contributed by atoms with Gasteiger partial charge in [-0.25, -0.2) is 4.99 Å². The van der Waals surface area contributed by atoms with Crippen LogP contribution in [-0.4, -0.2) is 43.6 Å². The molecule has 2 aromatic rings. The lowest BCUT2D eigenvalue weighted by Crippen LogP contribution is -2.50. The molecule has 1 aliphatic heterocycles. The number of rotatable bonds is 10. The fourth-order valence-electron chi connectivity index (χ4n) is 3.40. The summed E-state index contributed by atoms with van der Waals surface area (Å²) >= 11 is 0. The van der Waals surface area contributed by atoms with Crippen molar-refractivity contribution in [1.29, 1.82) is 0 Å². The van der Waals surface area contributed by atoms with E-state index in [1.54, 1.807) is 24.3 Å². The summed E-state index contributed by atoms with van der Waals surface area (Å²) in [6.07, 6.45) is 3.41. The molecule has 9 heteroatoms. The molecule has 33 heavy (non-hydrogen) atoms. The number of primary amides is 1. The Morgan fingerprint density at radius 2 is 1.91 bits per heavy atom. The van der Waals surface area contributed by atoms with Crippen LogP contribution in [-0.2, 0) is 11.2 Å². The molecule has 0 fully saturated rings. The third kappa shape index (κ3) is 6.90. The Bertz CT molecular complexity index is 1030. The van der Waals surface area contributed by atoms with Crippen molar-refractivity contribution in [2.45, 2.75) is 25.9 Å². The van der Waals surface area contributed by atoms with Gasteiger partial charge in [0, 0.05) is 29.6 Å². The second-order valence-electron chi connectivity index (χ2n) is 7.66. The van der Waals surface area contributed by atoms with Gasteiger partial charge in [-0.2, -0.15) is 0 Å². The van der Waals surface area contributed by atoms with E-state index < -0.39 is 5.91 Å². The Balaban J connectivity index is 1.75. The molecule has 0 spiro atoms. The molecule has 1 heterocycles. The van der Waals surface area contributed by atoms with Gasteiger partial charge in [0.05, 0.1) is 6.54 Å². The molecule has 2 aromatic carbocycles. The first-order valence-electron chi connectivity index (χ1n) is 11.0. The molecule has 1 aliphatic rings. The number of benzene rings is 2. The number of hydrogen-bond acceptors (Lipinski definition) is 7. The molecule has 1 atom stereocenters. The van der Waals surface area contributed by atoms with Crippen LogP contribution in [0.4, 0.5) is 5.69 Å². The summed E-state index contributed by atoms with van der Waals surface area (Å²) in [6.45, 7) is 3.48. The van der Waals surface area contributed by atoms with Gasteiger partial charge in [0.15, 0.2) is 0 Å². The van der Waals surface area contributed by atoms with Crippen LogP contribution >= 0.6 is 0 Å². The van der Waals surface area contributed by atoms with Crippen LogP contribution in [0.25, 0.3) is 5.57 Å². The molecular formula is C24H31N7O2. The molecule has 2 amide bonds. The van der Waals surface area contributed by atoms with Crippen molar-refractivity contribution < 1.29 is 9.59 Å². The first-order valence-corrected chi connectivity index (χ1v) is 11.0. The van der Waals surface area contributed by atoms with Crippen LogP contribution in [0.2, 0.25) is 0 Å². The molecule has 0 bridgehead atoms. The zero-order chi connectivity index (χ0) is 23.6. The molecule has 9 nitrogen and oxygen atoms in total. The lowest BCUT2D eigenvalue weighted by Gasteiger charge is -2.28. The number of hydrogen-bond donors (Lipinski definition) is 6. The standard InChI is InChI=1S/C24H31N7O2/c1-2-11-28-23-20(18-5-3-4-16(13-18)10-12-27-21(32)14-25)15-29-24(31-23)30-19-8-6-17(7-9-19)22(26)33/h3-9,13,15,23,28H,2,10-12,14,25H2,1H3,(H2,26,33)(H,27,32)(H2,29,30,31). The predicted molar refractivity (Wildman–Crippen MR) is 131 cm³/mol. The Labute approximate surface area is 193 Å². The average molecular weight is 450 g/mol. The normalized spacial score (nSPS) is 15.2. The van der Waals surface area contributed by atoms with Crippen molar-refractivity contribution >= 4 is 29.0 Å². The third-order valence-electron chi connectivity index (χ3n) is 5.14. The minimum Gasteiger partial charge on any atom is -0.366 e. The van der Waals surface area contributed by atoms with Gasteiger partial charge in [0.1, 0.15) is 6.17 Å². The summed E-state index contributed by atoms with van der Waals surface area (Å²) in [5.74, 6) is -0.0253. The number of nitrogens with zero attached hydrogens (tertiary/aromatic N) is 1. The summed E-state index contributed by atoms with van der Waals surface area (Å²) in [5.41, 5.74) is 15.1. The number of anilines is 1. The Hall–Kier alpha value is -3.69. The van der Waals surface area contributed by atoms with Gasteiger partial charge >= 0.3 is 0 Å². The van der Waals surface area contributed by atoms with Gasteiger partial charge in [0.25, 0.3) is 0 Å². The largest absolute Gasteiger partial charge is 0.366 e. The summed E-state index contributed by atoms with van der Waals surface area (Å²) < 4.78 is 0. The highest BCUT2D eigenvalue weighted by atomic mass is 16.2. The van der Waals surface area contributed by atoms with E-state index in [4.69, 9.17) is 11.5 Å². The number of carbonyl (C=O) groups is 2. The number of nitrogens with one attached hydrogen (secondary N) is 4. The topological polar surface area (TPSA) is 147 Å². The number of amides is 2. The summed E-state index contributed by atoms with van der Waals surface area (Å²) in [5, 5.41) is 12.9. The maximum absolute atomic E-state index is 11.4. The van der Waals surface area contributed by atoms with Gasteiger partial charge < -0.3 is 27.4 Å². The lowest BCUT2D eigenvalue weighted by atomic mass is 9.99. The van der Waals surface area contributed by atoms with Crippen molar-refractivity contribution in [1.82, 2.24) is 16.0 Å². The Kier molecular flexibility index (Phi) is 8.56. The van der Waals surface area contributed by atoms with Gasteiger partial charge in [-0.3, -0.25) is 14.9 Å². The number of carbonyl (C=O) groups excluding carboxylic acids is 2. The van der Waals surface area contributed by atoms with Crippen molar-refractivity contribution in [3.8, 4) is 0 Å². The Morgan fingerprint density at radius 3 is 2.61 bits per heavy atom. The summed E-state index contributed by atoms with van der Waals surface area (Å²) in [7, 11) is 0. The fraction of sp³-hybridized carbons (Fsp3) is 0.292. The minimum atomic E-state index is -0.463. The van der Waals surface area contributed by atoms with Crippen LogP contribution in [0.15, 0.2) is 59.7 Å². The van der Waals surface area contributed by atoms with Gasteiger partial charge in [-0.15, -0.1) is 0 Å². The zero-order valence-corrected chi connectivity index (χ0v) is 18.7. The summed E-state index contributed by atoms with van der Waals surface area (Å²) in [4.78, 5) is 27.2. The van der Waals surface area contributed by atoms with E-state index in [-0.39, 0.29) is 18.6 Å². The molecular weight excluding hydrogens is 418 g/mol. The van der Waals surface area contributed by atoms with Crippen molar-refractivity contribution in [3.63, 3.8) is 0 Å². The quantitative estimate of drug-likeness (QED) is 0.321. The monoisotopic (exact) mass is 449 g/mol. The molecule has 0 saturated heterocycles. The van der Waals surface area contributed by atoms with E-state index in [2.05, 4.69) is 39.2 Å². The maximum Gasteiger partial charge on any atom is 0.248 e. The number of guanidine groups is 1. The van der Waals surface area contributed by atoms with Crippen LogP contribution in [0.5, 0.6) is 0 Å². The van der Waals surface area contributed by atoms with Crippen molar-refractivity contribution in [3.05, 3.63) is 71.4 Å². The molecule has 8 N–H and O–H groups in total. The van der Waals surface area contributed by atoms with E-state index >= 15 is 0 Å². The SMILES string of the molecule is CCCNC1NC(Nc2ccc(C(N)=O)cc2)=NC=C1c1cccc(CCNC(=O)CN)c1. The average Bonchev–Trinajstić information content (AvgIpc) is 2.83. The van der Waals surface area contributed by atoms with E-state index in [0.29, 0.717) is 24.5 Å². The van der Waals surface area contributed by atoms with Crippen LogP contribution < -0.4 is 32.7 Å². The predicted octanol–water partition coefficient (Wildman–Crippen LogP) is 1.14. The smallest absolute Gasteiger partial charge is 0.248 e. The van der Waals surface area contributed by atoms with Crippen molar-refractivity contribution in [2.24, 2.45) is 16.5 Å². The first kappa shape index (κ1) is 24.0. The van der Waals surface area contributed by atoms with E-state index in [0.717, 1.165) is 35.4 Å². The van der Waals surface area contributed by atoms with Crippen molar-refractivity contribution in [2.75, 3.05) is 25.0 Å². The Morgan fingerprint density at radius 1 is 1.12 bits per heavy atom. The molecule has 0 aliphatic carbocycles.